The van der Waals surface area contributed by atoms with Gasteiger partial charge < -0.3 is 40.3 Å². The topological polar surface area (TPSA) is 149 Å². The zero-order chi connectivity index (χ0) is 52.9. The lowest BCUT2D eigenvalue weighted by Crippen LogP contribution is -2.60. The van der Waals surface area contributed by atoms with Crippen molar-refractivity contribution < 1.29 is 39.8 Å². The Balaban J connectivity index is 2.27. The number of carbonyl (C=O) groups excluding carboxylic acids is 1. The Bertz CT molecular complexity index is 1510. The van der Waals surface area contributed by atoms with Gasteiger partial charge in [0.2, 0.25) is 5.91 Å². The Morgan fingerprint density at radius 3 is 1.32 bits per heavy atom. The molecule has 0 aliphatic carbocycles. The lowest BCUT2D eigenvalue weighted by molar-refractivity contribution is -0.302. The third-order valence-electron chi connectivity index (χ3n) is 13.3. The van der Waals surface area contributed by atoms with Gasteiger partial charge in [-0.3, -0.25) is 4.79 Å². The zero-order valence-electron chi connectivity index (χ0n) is 46.4. The minimum atomic E-state index is -1.58. The van der Waals surface area contributed by atoms with E-state index in [0.717, 1.165) is 96.3 Å². The fraction of sp³-hybridized carbons (Fsp3) is 0.703. The molecular weight excluding hydrogens is 911 g/mol. The van der Waals surface area contributed by atoms with E-state index >= 15 is 0 Å². The van der Waals surface area contributed by atoms with Gasteiger partial charge in [0.25, 0.3) is 0 Å². The number of aliphatic hydroxyl groups is 5. The lowest BCUT2D eigenvalue weighted by Gasteiger charge is -2.40. The molecule has 1 heterocycles. The van der Waals surface area contributed by atoms with Crippen LogP contribution in [0.3, 0.4) is 0 Å². The summed E-state index contributed by atoms with van der Waals surface area (Å²) in [5.74, 6) is -0.201. The van der Waals surface area contributed by atoms with E-state index in [1.807, 2.05) is 6.08 Å². The Morgan fingerprint density at radius 1 is 0.479 bits per heavy atom. The van der Waals surface area contributed by atoms with Crippen LogP contribution in [-0.4, -0.2) is 87.5 Å². The number of hydrogen-bond donors (Lipinski definition) is 6. The number of aliphatic hydroxyl groups excluding tert-OH is 5. The average molecular weight is 1020 g/mol. The van der Waals surface area contributed by atoms with E-state index in [0.29, 0.717) is 6.42 Å². The van der Waals surface area contributed by atoms with Gasteiger partial charge in [-0.05, 0) is 89.9 Å². The summed E-state index contributed by atoms with van der Waals surface area (Å²) in [5, 5.41) is 54.5. The van der Waals surface area contributed by atoms with Crippen LogP contribution in [0.25, 0.3) is 0 Å². The number of amides is 1. The van der Waals surface area contributed by atoms with Crippen molar-refractivity contribution in [3.8, 4) is 0 Å². The van der Waals surface area contributed by atoms with Crippen molar-refractivity contribution in [2.45, 2.75) is 275 Å². The highest BCUT2D eigenvalue weighted by Gasteiger charge is 2.44. The van der Waals surface area contributed by atoms with Crippen LogP contribution in [0.2, 0.25) is 0 Å². The minimum Gasteiger partial charge on any atom is -0.394 e. The Hall–Kier alpha value is -3.15. The third kappa shape index (κ3) is 41.7. The molecule has 1 aliphatic rings. The molecule has 1 aliphatic heterocycles. The van der Waals surface area contributed by atoms with Gasteiger partial charge >= 0.3 is 0 Å². The molecule has 9 nitrogen and oxygen atoms in total. The summed E-state index contributed by atoms with van der Waals surface area (Å²) in [6.45, 7) is 3.65. The molecule has 1 fully saturated rings. The predicted molar refractivity (Wildman–Crippen MR) is 308 cm³/mol. The monoisotopic (exact) mass is 1020 g/mol. The Labute approximate surface area is 446 Å². The van der Waals surface area contributed by atoms with Crippen molar-refractivity contribution >= 4 is 5.91 Å². The largest absolute Gasteiger partial charge is 0.394 e. The molecule has 0 saturated carbocycles. The maximum absolute atomic E-state index is 13.1. The molecule has 73 heavy (non-hydrogen) atoms. The van der Waals surface area contributed by atoms with E-state index in [1.54, 1.807) is 6.08 Å². The quantitative estimate of drug-likeness (QED) is 0.0261. The first-order valence-electron chi connectivity index (χ1n) is 29.6. The van der Waals surface area contributed by atoms with Crippen LogP contribution >= 0.6 is 0 Å². The van der Waals surface area contributed by atoms with Crippen molar-refractivity contribution in [3.05, 3.63) is 109 Å². The Kier molecular flexibility index (Phi) is 48.6. The lowest BCUT2D eigenvalue weighted by atomic mass is 9.99. The van der Waals surface area contributed by atoms with Crippen molar-refractivity contribution in [2.24, 2.45) is 0 Å². The van der Waals surface area contributed by atoms with Crippen molar-refractivity contribution in [3.63, 3.8) is 0 Å². The molecule has 0 aromatic heterocycles. The highest BCUT2D eigenvalue weighted by molar-refractivity contribution is 5.76. The molecule has 0 spiro atoms. The number of ether oxygens (including phenoxy) is 2. The summed E-state index contributed by atoms with van der Waals surface area (Å²) in [6.07, 6.45) is 70.0. The van der Waals surface area contributed by atoms with Crippen LogP contribution in [0.4, 0.5) is 0 Å². The highest BCUT2D eigenvalue weighted by atomic mass is 16.7. The summed E-state index contributed by atoms with van der Waals surface area (Å²) in [4.78, 5) is 13.1. The van der Waals surface area contributed by atoms with Gasteiger partial charge in [0, 0.05) is 6.42 Å². The van der Waals surface area contributed by atoms with Gasteiger partial charge in [0.1, 0.15) is 24.4 Å². The maximum Gasteiger partial charge on any atom is 0.220 e. The SMILES string of the molecule is CC/C=C\C/C=C\C/C=C\C/C=C\C/C=C\C/C=C\C/C=C\CCCCCCCCCC(=O)NC(COC1OC(CO)C(O)C(O)C1O)C(O)/C=C/CC/C=C/CCCCCCCCCCCCCCCCC. The number of nitrogens with one attached hydrogen (secondary N) is 1. The number of allylic oxidation sites excluding steroid dienone is 17. The van der Waals surface area contributed by atoms with Crippen LogP contribution in [0.15, 0.2) is 109 Å². The number of unbranched alkanes of at least 4 members (excludes halogenated alkanes) is 23. The van der Waals surface area contributed by atoms with Gasteiger partial charge in [-0.2, -0.15) is 0 Å². The smallest absolute Gasteiger partial charge is 0.220 e. The molecule has 1 saturated heterocycles. The Morgan fingerprint density at radius 2 is 0.863 bits per heavy atom. The van der Waals surface area contributed by atoms with Crippen molar-refractivity contribution in [1.82, 2.24) is 5.32 Å². The van der Waals surface area contributed by atoms with Gasteiger partial charge in [0.15, 0.2) is 6.29 Å². The van der Waals surface area contributed by atoms with Gasteiger partial charge in [0.05, 0.1) is 25.4 Å². The van der Waals surface area contributed by atoms with Gasteiger partial charge in [-0.1, -0.05) is 245 Å². The standard InChI is InChI=1S/C64H109NO8/c1-3-5-7-9-11-13-15-17-19-21-23-25-26-27-28-29-30-31-32-34-36-38-40-42-44-46-48-50-52-54-60(68)65-57(56-72-64-63(71)62(70)61(69)59(55-66)73-64)58(67)53-51-49-47-45-43-41-39-37-35-33-24-22-20-18-16-14-12-10-8-6-4-2/h5,7,11,13,17,19,23,25,27-28,30-31,34,36,43,45,51,53,57-59,61-64,66-67,69-71H,3-4,6,8-10,12,14-16,18,20-22,24,26,29,32-33,35,37-42,44,46-50,52,54-56H2,1-2H3,(H,65,68)/b7-5-,13-11-,19-17-,25-23-,28-27-,31-30-,36-34-,45-43+,53-51+. The molecule has 9 heteroatoms. The molecular formula is C64H109NO8. The molecule has 1 rings (SSSR count). The first-order chi connectivity index (χ1) is 35.8. The van der Waals surface area contributed by atoms with Crippen molar-refractivity contribution in [1.29, 1.82) is 0 Å². The summed E-state index contributed by atoms with van der Waals surface area (Å²) >= 11 is 0. The van der Waals surface area contributed by atoms with E-state index < -0.39 is 49.5 Å². The maximum atomic E-state index is 13.1. The van der Waals surface area contributed by atoms with E-state index in [-0.39, 0.29) is 12.5 Å². The average Bonchev–Trinajstić information content (AvgIpc) is 3.39. The zero-order valence-corrected chi connectivity index (χ0v) is 46.4. The molecule has 418 valence electrons. The van der Waals surface area contributed by atoms with E-state index in [4.69, 9.17) is 9.47 Å². The predicted octanol–water partition coefficient (Wildman–Crippen LogP) is 15.0. The second kappa shape index (κ2) is 52.3. The fourth-order valence-corrected chi connectivity index (χ4v) is 8.68. The third-order valence-corrected chi connectivity index (χ3v) is 13.3. The van der Waals surface area contributed by atoms with Crippen LogP contribution in [0, 0.1) is 0 Å². The first kappa shape index (κ1) is 67.9. The van der Waals surface area contributed by atoms with Gasteiger partial charge in [-0.15, -0.1) is 0 Å². The summed E-state index contributed by atoms with van der Waals surface area (Å²) < 4.78 is 11.3. The summed E-state index contributed by atoms with van der Waals surface area (Å²) in [5.41, 5.74) is 0. The number of hydrogen-bond acceptors (Lipinski definition) is 8. The molecule has 0 bridgehead atoms. The molecule has 0 radical (unpaired) electrons. The molecule has 0 aromatic carbocycles. The van der Waals surface area contributed by atoms with E-state index in [2.05, 4.69) is 116 Å². The second-order valence-corrected chi connectivity index (χ2v) is 20.0. The second-order valence-electron chi connectivity index (χ2n) is 20.0. The molecule has 6 N–H and O–H groups in total. The first-order valence-corrected chi connectivity index (χ1v) is 29.6. The molecule has 7 atom stereocenters. The highest BCUT2D eigenvalue weighted by Crippen LogP contribution is 2.23. The van der Waals surface area contributed by atoms with Crippen molar-refractivity contribution in [2.75, 3.05) is 13.2 Å². The summed E-state index contributed by atoms with van der Waals surface area (Å²) in [7, 11) is 0. The van der Waals surface area contributed by atoms with Crippen LogP contribution in [0.1, 0.15) is 232 Å². The minimum absolute atomic E-state index is 0.201. The van der Waals surface area contributed by atoms with Crippen LogP contribution < -0.4 is 5.32 Å². The summed E-state index contributed by atoms with van der Waals surface area (Å²) in [6, 6.07) is -0.837. The molecule has 1 amide bonds. The number of carbonyl (C=O) groups is 1. The van der Waals surface area contributed by atoms with Crippen LogP contribution in [-0.2, 0) is 14.3 Å². The number of rotatable bonds is 49. The fourth-order valence-electron chi connectivity index (χ4n) is 8.68. The van der Waals surface area contributed by atoms with Gasteiger partial charge in [-0.25, -0.2) is 0 Å². The van der Waals surface area contributed by atoms with E-state index in [1.165, 1.54) is 116 Å². The molecule has 7 unspecified atom stereocenters. The molecule has 0 aromatic rings. The van der Waals surface area contributed by atoms with E-state index in [9.17, 15) is 30.3 Å². The normalized spacial score (nSPS) is 19.9. The van der Waals surface area contributed by atoms with Crippen LogP contribution in [0.5, 0.6) is 0 Å².